The first-order chi connectivity index (χ1) is 13.5. The van der Waals surface area contributed by atoms with Gasteiger partial charge in [0.15, 0.2) is 5.75 Å². The first kappa shape index (κ1) is 22.1. The summed E-state index contributed by atoms with van der Waals surface area (Å²) in [7, 11) is 1.98. The van der Waals surface area contributed by atoms with Crippen LogP contribution in [0.1, 0.15) is 37.0 Å². The molecule has 0 saturated carbocycles. The lowest BCUT2D eigenvalue weighted by molar-refractivity contribution is 0.0922. The van der Waals surface area contributed by atoms with Gasteiger partial charge in [-0.15, -0.1) is 0 Å². The van der Waals surface area contributed by atoms with E-state index >= 15 is 0 Å². The van der Waals surface area contributed by atoms with Crippen LogP contribution < -0.4 is 20.1 Å². The monoisotopic (exact) mass is 403 g/mol. The van der Waals surface area contributed by atoms with E-state index in [2.05, 4.69) is 17.1 Å². The smallest absolute Gasteiger partial charge is 0.251 e. The second-order valence-corrected chi connectivity index (χ2v) is 7.36. The van der Waals surface area contributed by atoms with Crippen LogP contribution in [-0.4, -0.2) is 37.3 Å². The summed E-state index contributed by atoms with van der Waals surface area (Å²) in [5, 5.41) is 17.9. The molecule has 28 heavy (non-hydrogen) atoms. The molecule has 0 bridgehead atoms. The number of aliphatic hydroxyl groups is 1. The highest BCUT2D eigenvalue weighted by atomic mass is 32.2. The Balaban J connectivity index is 2.47. The summed E-state index contributed by atoms with van der Waals surface area (Å²) in [6.07, 6.45) is 2.08. The summed E-state index contributed by atoms with van der Waals surface area (Å²) in [5.41, 5.74) is 1.28. The summed E-state index contributed by atoms with van der Waals surface area (Å²) < 4.78 is 6.16. The van der Waals surface area contributed by atoms with Gasteiger partial charge in [0, 0.05) is 25.2 Å². The molecule has 0 heterocycles. The van der Waals surface area contributed by atoms with Crippen molar-refractivity contribution >= 4 is 23.5 Å². The van der Waals surface area contributed by atoms with Gasteiger partial charge in [0.1, 0.15) is 5.75 Å². The van der Waals surface area contributed by atoms with Crippen LogP contribution in [-0.2, 0) is 0 Å². The van der Waals surface area contributed by atoms with Crippen molar-refractivity contribution in [1.29, 1.82) is 0 Å². The molecule has 0 fully saturated rings. The number of para-hydroxylation sites is 1. The maximum absolute atomic E-state index is 12.6. The molecule has 0 aliphatic carbocycles. The number of rotatable bonds is 10. The molecule has 7 heteroatoms. The second-order valence-electron chi connectivity index (χ2n) is 6.69. The minimum Gasteiger partial charge on any atom is -0.454 e. The molecule has 2 rings (SSSR count). The van der Waals surface area contributed by atoms with Gasteiger partial charge in [0.05, 0.1) is 17.2 Å². The van der Waals surface area contributed by atoms with Crippen molar-refractivity contribution in [2.45, 2.75) is 37.6 Å². The molecule has 4 N–H and O–H groups in total. The zero-order valence-electron chi connectivity index (χ0n) is 16.6. The van der Waals surface area contributed by atoms with Crippen molar-refractivity contribution < 1.29 is 14.6 Å². The molecular weight excluding hydrogens is 374 g/mol. The quantitative estimate of drug-likeness (QED) is 0.523. The molecule has 1 amide bonds. The molecule has 2 aromatic rings. The number of aliphatic hydroxyl groups excluding tert-OH is 1. The van der Waals surface area contributed by atoms with Crippen molar-refractivity contribution in [1.82, 2.24) is 5.32 Å². The Morgan fingerprint density at radius 3 is 2.64 bits per heavy atom. The van der Waals surface area contributed by atoms with E-state index in [9.17, 15) is 9.90 Å². The Bertz CT molecular complexity index is 771. The molecule has 0 saturated heterocycles. The lowest BCUT2D eigenvalue weighted by Crippen LogP contribution is -2.35. The van der Waals surface area contributed by atoms with Crippen LogP contribution >= 0.6 is 11.9 Å². The molecule has 0 radical (unpaired) electrons. The van der Waals surface area contributed by atoms with Gasteiger partial charge >= 0.3 is 0 Å². The zero-order chi connectivity index (χ0) is 20.5. The molecule has 0 spiro atoms. The summed E-state index contributed by atoms with van der Waals surface area (Å²) in [4.78, 5) is 15.4. The van der Waals surface area contributed by atoms with Crippen LogP contribution in [0.4, 0.5) is 5.69 Å². The first-order valence-electron chi connectivity index (χ1n) is 9.40. The number of nitrogens with one attached hydrogen (secondary N) is 1. The largest absolute Gasteiger partial charge is 0.454 e. The third-order valence-electron chi connectivity index (χ3n) is 4.30. The summed E-state index contributed by atoms with van der Waals surface area (Å²) in [6, 6.07) is 12.7. The van der Waals surface area contributed by atoms with Crippen molar-refractivity contribution in [3.8, 4) is 11.5 Å². The van der Waals surface area contributed by atoms with Gasteiger partial charge in [0.2, 0.25) is 0 Å². The summed E-state index contributed by atoms with van der Waals surface area (Å²) in [6.45, 7) is 4.59. The predicted molar refractivity (Wildman–Crippen MR) is 115 cm³/mol. The molecule has 152 valence electrons. The van der Waals surface area contributed by atoms with Crippen LogP contribution in [0.25, 0.3) is 0 Å². The van der Waals surface area contributed by atoms with Gasteiger partial charge in [-0.25, -0.2) is 0 Å². The van der Waals surface area contributed by atoms with Crippen LogP contribution in [0.15, 0.2) is 47.4 Å². The van der Waals surface area contributed by atoms with E-state index in [0.29, 0.717) is 22.0 Å². The van der Waals surface area contributed by atoms with Crippen molar-refractivity contribution in [3.05, 3.63) is 48.0 Å². The predicted octanol–water partition coefficient (Wildman–Crippen LogP) is 3.79. The number of hydrogen-bond acceptors (Lipinski definition) is 6. The van der Waals surface area contributed by atoms with E-state index in [1.165, 1.54) is 0 Å². The van der Waals surface area contributed by atoms with Crippen LogP contribution in [0, 0.1) is 0 Å². The normalized spacial score (nSPS) is 11.8. The van der Waals surface area contributed by atoms with Crippen LogP contribution in [0.2, 0.25) is 0 Å². The Hall–Kier alpha value is -2.22. The van der Waals surface area contributed by atoms with Gasteiger partial charge in [-0.05, 0) is 49.6 Å². The standard InChI is InChI=1S/C21H29N3O3S/c1-4-5-11-24(3)18-12-16(21(26)23-15(2)14-25)13-19(28-22)20(18)27-17-9-7-6-8-10-17/h6-10,12-13,15,25H,4-5,11,14,22H2,1-3H3,(H,23,26). The third kappa shape index (κ3) is 5.89. The Morgan fingerprint density at radius 2 is 2.04 bits per heavy atom. The van der Waals surface area contributed by atoms with Gasteiger partial charge in [-0.3, -0.25) is 9.93 Å². The number of benzene rings is 2. The highest BCUT2D eigenvalue weighted by molar-refractivity contribution is 7.97. The average molecular weight is 404 g/mol. The highest BCUT2D eigenvalue weighted by Crippen LogP contribution is 2.40. The van der Waals surface area contributed by atoms with E-state index in [4.69, 9.17) is 9.88 Å². The van der Waals surface area contributed by atoms with Crippen molar-refractivity contribution in [3.63, 3.8) is 0 Å². The number of hydrogen-bond donors (Lipinski definition) is 3. The summed E-state index contributed by atoms with van der Waals surface area (Å²) >= 11 is 1.05. The van der Waals surface area contributed by atoms with Gasteiger partial charge < -0.3 is 20.1 Å². The Kier molecular flexibility index (Phi) is 8.63. The highest BCUT2D eigenvalue weighted by Gasteiger charge is 2.20. The van der Waals surface area contributed by atoms with E-state index < -0.39 is 0 Å². The summed E-state index contributed by atoms with van der Waals surface area (Å²) in [5.74, 6) is 1.08. The number of carbonyl (C=O) groups excluding carboxylic acids is 1. The molecular formula is C21H29N3O3S. The van der Waals surface area contributed by atoms with Gasteiger partial charge in [-0.1, -0.05) is 31.5 Å². The molecule has 1 atom stereocenters. The van der Waals surface area contributed by atoms with Crippen molar-refractivity contribution in [2.75, 3.05) is 25.1 Å². The fourth-order valence-corrected chi connectivity index (χ4v) is 3.12. The van der Waals surface area contributed by atoms with E-state index in [0.717, 1.165) is 37.0 Å². The number of anilines is 1. The fourth-order valence-electron chi connectivity index (χ4n) is 2.67. The van der Waals surface area contributed by atoms with E-state index in [1.54, 1.807) is 13.0 Å². The SMILES string of the molecule is CCCCN(C)c1cc(C(=O)NC(C)CO)cc(SN)c1Oc1ccccc1. The molecule has 0 aromatic heterocycles. The molecule has 0 aliphatic rings. The van der Waals surface area contributed by atoms with Crippen LogP contribution in [0.3, 0.4) is 0 Å². The molecule has 0 aliphatic heterocycles. The fraction of sp³-hybridized carbons (Fsp3) is 0.381. The average Bonchev–Trinajstić information content (AvgIpc) is 2.72. The minimum absolute atomic E-state index is 0.122. The number of carbonyl (C=O) groups is 1. The number of nitrogens with two attached hydrogens (primary N) is 1. The van der Waals surface area contributed by atoms with E-state index in [-0.39, 0.29) is 18.6 Å². The maximum Gasteiger partial charge on any atom is 0.251 e. The van der Waals surface area contributed by atoms with Crippen LogP contribution in [0.5, 0.6) is 11.5 Å². The van der Waals surface area contributed by atoms with Gasteiger partial charge in [0.25, 0.3) is 5.91 Å². The second kappa shape index (κ2) is 10.9. The lowest BCUT2D eigenvalue weighted by atomic mass is 10.1. The van der Waals surface area contributed by atoms with Crippen molar-refractivity contribution in [2.24, 2.45) is 5.14 Å². The maximum atomic E-state index is 12.6. The number of amides is 1. The molecule has 1 unspecified atom stereocenters. The minimum atomic E-state index is -0.331. The number of unbranched alkanes of at least 4 members (excludes halogenated alkanes) is 1. The molecule has 2 aromatic carbocycles. The van der Waals surface area contributed by atoms with E-state index in [1.807, 2.05) is 43.4 Å². The topological polar surface area (TPSA) is 87.8 Å². The number of nitrogens with zero attached hydrogens (tertiary/aromatic N) is 1. The lowest BCUT2D eigenvalue weighted by Gasteiger charge is -2.25. The third-order valence-corrected chi connectivity index (χ3v) is 4.85. The zero-order valence-corrected chi connectivity index (χ0v) is 17.5. The number of ether oxygens (including phenoxy) is 1. The Labute approximate surface area is 171 Å². The Morgan fingerprint density at radius 1 is 1.32 bits per heavy atom. The first-order valence-corrected chi connectivity index (χ1v) is 10.3. The van der Waals surface area contributed by atoms with Gasteiger partial charge in [-0.2, -0.15) is 0 Å². The molecule has 6 nitrogen and oxygen atoms in total.